The van der Waals surface area contributed by atoms with Gasteiger partial charge in [0.05, 0.1) is 5.39 Å². The molecule has 0 amide bonds. The summed E-state index contributed by atoms with van der Waals surface area (Å²) in [6.45, 7) is 8.38. The normalized spacial score (nSPS) is 10.2. The maximum Gasteiger partial charge on any atom is 0.140 e. The molecule has 5 heteroatoms. The Morgan fingerprint density at radius 2 is 1.94 bits per heavy atom. The SMILES string of the molecule is CCN(CC)c1ncnc2sc(C)cc12.Cl. The Balaban J connectivity index is 0.00000128. The van der Waals surface area contributed by atoms with E-state index in [0.717, 1.165) is 23.7 Å². The minimum absolute atomic E-state index is 0. The molecule has 88 valence electrons. The molecule has 2 rings (SSSR count). The number of hydrogen-bond acceptors (Lipinski definition) is 4. The van der Waals surface area contributed by atoms with E-state index >= 15 is 0 Å². The van der Waals surface area contributed by atoms with E-state index < -0.39 is 0 Å². The van der Waals surface area contributed by atoms with Crippen LogP contribution in [-0.2, 0) is 0 Å². The van der Waals surface area contributed by atoms with Crippen molar-refractivity contribution in [2.75, 3.05) is 18.0 Å². The molecule has 16 heavy (non-hydrogen) atoms. The summed E-state index contributed by atoms with van der Waals surface area (Å²) < 4.78 is 0. The second kappa shape index (κ2) is 5.46. The smallest absolute Gasteiger partial charge is 0.140 e. The highest BCUT2D eigenvalue weighted by Crippen LogP contribution is 2.29. The van der Waals surface area contributed by atoms with Crippen LogP contribution >= 0.6 is 23.7 Å². The fourth-order valence-corrected chi connectivity index (χ4v) is 2.58. The first kappa shape index (κ1) is 13.2. The van der Waals surface area contributed by atoms with Gasteiger partial charge in [-0.2, -0.15) is 0 Å². The van der Waals surface area contributed by atoms with Crippen LogP contribution in [0.15, 0.2) is 12.4 Å². The summed E-state index contributed by atoms with van der Waals surface area (Å²) >= 11 is 1.73. The topological polar surface area (TPSA) is 29.0 Å². The highest BCUT2D eigenvalue weighted by Gasteiger charge is 2.10. The fourth-order valence-electron chi connectivity index (χ4n) is 1.74. The first-order valence-corrected chi connectivity index (χ1v) is 6.04. The predicted octanol–water partition coefficient (Wildman–Crippen LogP) is 3.27. The zero-order valence-electron chi connectivity index (χ0n) is 9.73. The Morgan fingerprint density at radius 1 is 1.25 bits per heavy atom. The van der Waals surface area contributed by atoms with E-state index in [1.54, 1.807) is 17.7 Å². The van der Waals surface area contributed by atoms with Gasteiger partial charge >= 0.3 is 0 Å². The van der Waals surface area contributed by atoms with Crippen LogP contribution in [0, 0.1) is 6.92 Å². The van der Waals surface area contributed by atoms with Crippen molar-refractivity contribution < 1.29 is 0 Å². The molecular formula is C11H16ClN3S. The number of fused-ring (bicyclic) bond motifs is 1. The van der Waals surface area contributed by atoms with Crippen LogP contribution in [0.3, 0.4) is 0 Å². The maximum absolute atomic E-state index is 4.38. The first-order chi connectivity index (χ1) is 7.26. The second-order valence-corrected chi connectivity index (χ2v) is 4.68. The van der Waals surface area contributed by atoms with Crippen LogP contribution in [0.25, 0.3) is 10.2 Å². The van der Waals surface area contributed by atoms with Crippen LogP contribution in [0.1, 0.15) is 18.7 Å². The summed E-state index contributed by atoms with van der Waals surface area (Å²) in [5.74, 6) is 1.06. The van der Waals surface area contributed by atoms with Crippen LogP contribution < -0.4 is 4.90 Å². The van der Waals surface area contributed by atoms with E-state index in [1.165, 1.54) is 10.3 Å². The summed E-state index contributed by atoms with van der Waals surface area (Å²) in [6.07, 6.45) is 1.66. The molecular weight excluding hydrogens is 242 g/mol. The van der Waals surface area contributed by atoms with Crippen LogP contribution in [0.4, 0.5) is 5.82 Å². The van der Waals surface area contributed by atoms with Gasteiger partial charge in [-0.3, -0.25) is 0 Å². The molecule has 0 atom stereocenters. The number of anilines is 1. The van der Waals surface area contributed by atoms with E-state index in [4.69, 9.17) is 0 Å². The largest absolute Gasteiger partial charge is 0.357 e. The van der Waals surface area contributed by atoms with Gasteiger partial charge in [0.15, 0.2) is 0 Å². The minimum Gasteiger partial charge on any atom is -0.357 e. The number of rotatable bonds is 3. The van der Waals surface area contributed by atoms with Gasteiger partial charge in [-0.15, -0.1) is 23.7 Å². The number of nitrogens with zero attached hydrogens (tertiary/aromatic N) is 3. The molecule has 0 aliphatic rings. The molecule has 0 aliphatic heterocycles. The second-order valence-electron chi connectivity index (χ2n) is 3.45. The first-order valence-electron chi connectivity index (χ1n) is 5.22. The molecule has 0 N–H and O–H groups in total. The van der Waals surface area contributed by atoms with Crippen LogP contribution in [-0.4, -0.2) is 23.1 Å². The molecule has 0 radical (unpaired) electrons. The average molecular weight is 258 g/mol. The highest BCUT2D eigenvalue weighted by atomic mass is 35.5. The van der Waals surface area contributed by atoms with Gasteiger partial charge in [0, 0.05) is 18.0 Å². The van der Waals surface area contributed by atoms with Crippen molar-refractivity contribution in [2.45, 2.75) is 20.8 Å². The third-order valence-electron chi connectivity index (χ3n) is 2.49. The molecule has 0 saturated heterocycles. The lowest BCUT2D eigenvalue weighted by molar-refractivity contribution is 0.849. The van der Waals surface area contributed by atoms with E-state index in [2.05, 4.69) is 41.7 Å². The van der Waals surface area contributed by atoms with Gasteiger partial charge in [0.2, 0.25) is 0 Å². The molecule has 0 bridgehead atoms. The summed E-state index contributed by atoms with van der Waals surface area (Å²) in [5, 5.41) is 1.18. The van der Waals surface area contributed by atoms with Gasteiger partial charge in [-0.05, 0) is 26.8 Å². The number of aryl methyl sites for hydroxylation is 1. The van der Waals surface area contributed by atoms with Gasteiger partial charge in [0.1, 0.15) is 17.0 Å². The van der Waals surface area contributed by atoms with Crippen molar-refractivity contribution in [3.05, 3.63) is 17.3 Å². The predicted molar refractivity (Wildman–Crippen MR) is 73.0 cm³/mol. The van der Waals surface area contributed by atoms with Crippen molar-refractivity contribution in [3.8, 4) is 0 Å². The average Bonchev–Trinajstić information content (AvgIpc) is 2.61. The standard InChI is InChI=1S/C11H15N3S.ClH/c1-4-14(5-2)10-9-6-8(3)15-11(9)13-7-12-10;/h6-7H,4-5H2,1-3H3;1H. The van der Waals surface area contributed by atoms with Gasteiger partial charge < -0.3 is 4.90 Å². The van der Waals surface area contributed by atoms with Crippen LogP contribution in [0.5, 0.6) is 0 Å². The monoisotopic (exact) mass is 257 g/mol. The Morgan fingerprint density at radius 3 is 2.56 bits per heavy atom. The quantitative estimate of drug-likeness (QED) is 0.845. The number of aromatic nitrogens is 2. The molecule has 0 saturated carbocycles. The summed E-state index contributed by atoms with van der Waals surface area (Å²) in [4.78, 5) is 13.3. The third kappa shape index (κ3) is 2.28. The Labute approximate surface area is 106 Å². The summed E-state index contributed by atoms with van der Waals surface area (Å²) in [6, 6.07) is 2.17. The third-order valence-corrected chi connectivity index (χ3v) is 3.45. The molecule has 2 aromatic heterocycles. The van der Waals surface area contributed by atoms with Crippen molar-refractivity contribution in [2.24, 2.45) is 0 Å². The van der Waals surface area contributed by atoms with Crippen molar-refractivity contribution in [3.63, 3.8) is 0 Å². The molecule has 2 aromatic rings. The molecule has 0 spiro atoms. The summed E-state index contributed by atoms with van der Waals surface area (Å²) in [7, 11) is 0. The van der Waals surface area contributed by atoms with E-state index in [9.17, 15) is 0 Å². The molecule has 0 aromatic carbocycles. The lowest BCUT2D eigenvalue weighted by atomic mass is 10.3. The van der Waals surface area contributed by atoms with Gasteiger partial charge in [-0.25, -0.2) is 9.97 Å². The van der Waals surface area contributed by atoms with E-state index in [0.29, 0.717) is 0 Å². The van der Waals surface area contributed by atoms with E-state index in [-0.39, 0.29) is 12.4 Å². The van der Waals surface area contributed by atoms with E-state index in [1.807, 2.05) is 0 Å². The lowest BCUT2D eigenvalue weighted by Gasteiger charge is -2.19. The highest BCUT2D eigenvalue weighted by molar-refractivity contribution is 7.18. The van der Waals surface area contributed by atoms with Crippen molar-refractivity contribution in [1.82, 2.24) is 9.97 Å². The number of halogens is 1. The molecule has 2 heterocycles. The van der Waals surface area contributed by atoms with Crippen LogP contribution in [0.2, 0.25) is 0 Å². The Bertz CT molecular complexity index is 465. The fraction of sp³-hybridized carbons (Fsp3) is 0.455. The minimum atomic E-state index is 0. The molecule has 0 aliphatic carbocycles. The van der Waals surface area contributed by atoms with Crippen molar-refractivity contribution in [1.29, 1.82) is 0 Å². The molecule has 0 fully saturated rings. The number of thiophene rings is 1. The zero-order chi connectivity index (χ0) is 10.8. The Kier molecular flexibility index (Phi) is 4.50. The summed E-state index contributed by atoms with van der Waals surface area (Å²) in [5.41, 5.74) is 0. The maximum atomic E-state index is 4.38. The zero-order valence-corrected chi connectivity index (χ0v) is 11.4. The van der Waals surface area contributed by atoms with Crippen molar-refractivity contribution >= 4 is 39.8 Å². The van der Waals surface area contributed by atoms with Gasteiger partial charge in [-0.1, -0.05) is 0 Å². The molecule has 3 nitrogen and oxygen atoms in total. The Hall–Kier alpha value is -0.870. The number of hydrogen-bond donors (Lipinski definition) is 0. The molecule has 0 unspecified atom stereocenters. The van der Waals surface area contributed by atoms with Gasteiger partial charge in [0.25, 0.3) is 0 Å². The lowest BCUT2D eigenvalue weighted by Crippen LogP contribution is -2.23.